The van der Waals surface area contributed by atoms with Gasteiger partial charge in [-0.1, -0.05) is 35.9 Å². The minimum atomic E-state index is -0.145. The Hall–Kier alpha value is -2.57. The standard InChI is InChI=1S/C20H17ClN2O3S/c1-12(13-6-7-17-18(8-13)26-11-25-17)22-19(24)9-14-10-27-20(23-14)15-4-2-3-5-16(15)21/h2-8,10,12H,9,11H2,1H3,(H,22,24). The number of amides is 1. The summed E-state index contributed by atoms with van der Waals surface area (Å²) >= 11 is 7.70. The third-order valence-corrected chi connectivity index (χ3v) is 5.53. The molecule has 1 atom stereocenters. The molecule has 1 aliphatic rings. The van der Waals surface area contributed by atoms with Gasteiger partial charge in [-0.3, -0.25) is 4.79 Å². The van der Waals surface area contributed by atoms with Gasteiger partial charge in [0.2, 0.25) is 12.7 Å². The van der Waals surface area contributed by atoms with Crippen LogP contribution in [0.15, 0.2) is 47.8 Å². The van der Waals surface area contributed by atoms with Crippen molar-refractivity contribution in [2.75, 3.05) is 6.79 Å². The molecule has 138 valence electrons. The monoisotopic (exact) mass is 400 g/mol. The lowest BCUT2D eigenvalue weighted by atomic mass is 10.1. The fourth-order valence-corrected chi connectivity index (χ4v) is 4.01. The Bertz CT molecular complexity index is 989. The molecule has 1 aliphatic heterocycles. The third-order valence-electron chi connectivity index (χ3n) is 4.27. The second kappa shape index (κ2) is 7.58. The topological polar surface area (TPSA) is 60.5 Å². The van der Waals surface area contributed by atoms with E-state index in [1.54, 1.807) is 0 Å². The van der Waals surface area contributed by atoms with Crippen LogP contribution < -0.4 is 14.8 Å². The molecule has 5 nitrogen and oxygen atoms in total. The van der Waals surface area contributed by atoms with Crippen molar-refractivity contribution in [1.29, 1.82) is 0 Å². The number of nitrogens with one attached hydrogen (secondary N) is 1. The number of carbonyl (C=O) groups is 1. The number of nitrogens with zero attached hydrogens (tertiary/aromatic N) is 1. The normalized spacial score (nSPS) is 13.4. The molecule has 2 heterocycles. The lowest BCUT2D eigenvalue weighted by Gasteiger charge is -2.14. The van der Waals surface area contributed by atoms with E-state index >= 15 is 0 Å². The second-order valence-corrected chi connectivity index (χ2v) is 7.47. The zero-order chi connectivity index (χ0) is 18.8. The molecular weight excluding hydrogens is 384 g/mol. The van der Waals surface area contributed by atoms with Crippen LogP contribution in [0.1, 0.15) is 24.2 Å². The number of ether oxygens (including phenoxy) is 2. The van der Waals surface area contributed by atoms with Crippen molar-refractivity contribution in [1.82, 2.24) is 10.3 Å². The molecule has 1 amide bonds. The summed E-state index contributed by atoms with van der Waals surface area (Å²) < 4.78 is 10.7. The van der Waals surface area contributed by atoms with Gasteiger partial charge in [-0.25, -0.2) is 4.98 Å². The van der Waals surface area contributed by atoms with E-state index in [-0.39, 0.29) is 25.2 Å². The Labute approximate surface area is 165 Å². The van der Waals surface area contributed by atoms with Crippen molar-refractivity contribution < 1.29 is 14.3 Å². The number of fused-ring (bicyclic) bond motifs is 1. The van der Waals surface area contributed by atoms with E-state index < -0.39 is 0 Å². The molecule has 0 saturated heterocycles. The molecule has 1 unspecified atom stereocenters. The van der Waals surface area contributed by atoms with Crippen LogP contribution >= 0.6 is 22.9 Å². The summed E-state index contributed by atoms with van der Waals surface area (Å²) in [6.07, 6.45) is 0.218. The van der Waals surface area contributed by atoms with Gasteiger partial charge < -0.3 is 14.8 Å². The molecule has 3 aromatic rings. The molecule has 0 bridgehead atoms. The van der Waals surface area contributed by atoms with Gasteiger partial charge in [0.1, 0.15) is 5.01 Å². The summed E-state index contributed by atoms with van der Waals surface area (Å²) in [6.45, 7) is 2.17. The Kier molecular flexibility index (Phi) is 5.01. The van der Waals surface area contributed by atoms with E-state index in [1.807, 2.05) is 54.8 Å². The molecule has 0 aliphatic carbocycles. The molecule has 2 aromatic carbocycles. The van der Waals surface area contributed by atoms with Gasteiger partial charge in [-0.05, 0) is 30.7 Å². The van der Waals surface area contributed by atoms with Gasteiger partial charge in [0.15, 0.2) is 11.5 Å². The predicted octanol–water partition coefficient (Wildman–Crippen LogP) is 4.61. The summed E-state index contributed by atoms with van der Waals surface area (Å²) in [7, 11) is 0. The molecule has 1 aromatic heterocycles. The highest BCUT2D eigenvalue weighted by molar-refractivity contribution is 7.13. The molecule has 27 heavy (non-hydrogen) atoms. The maximum Gasteiger partial charge on any atom is 0.231 e. The first kappa shape index (κ1) is 17.8. The molecule has 0 saturated carbocycles. The van der Waals surface area contributed by atoms with E-state index in [4.69, 9.17) is 21.1 Å². The molecule has 4 rings (SSSR count). The molecular formula is C20H17ClN2O3S. The van der Waals surface area contributed by atoms with Crippen LogP contribution in [0.5, 0.6) is 11.5 Å². The number of carbonyl (C=O) groups excluding carboxylic acids is 1. The highest BCUT2D eigenvalue weighted by Crippen LogP contribution is 2.34. The highest BCUT2D eigenvalue weighted by Gasteiger charge is 2.17. The van der Waals surface area contributed by atoms with Gasteiger partial charge >= 0.3 is 0 Å². The first-order chi connectivity index (χ1) is 13.1. The fourth-order valence-electron chi connectivity index (χ4n) is 2.87. The number of hydrogen-bond donors (Lipinski definition) is 1. The summed E-state index contributed by atoms with van der Waals surface area (Å²) in [5.41, 5.74) is 2.57. The number of hydrogen-bond acceptors (Lipinski definition) is 5. The fraction of sp³-hybridized carbons (Fsp3) is 0.200. The van der Waals surface area contributed by atoms with E-state index in [0.717, 1.165) is 27.6 Å². The quantitative estimate of drug-likeness (QED) is 0.679. The summed E-state index contributed by atoms with van der Waals surface area (Å²) in [5.74, 6) is 1.35. The van der Waals surface area contributed by atoms with Gasteiger partial charge in [-0.15, -0.1) is 11.3 Å². The minimum absolute atomic E-state index is 0.0869. The minimum Gasteiger partial charge on any atom is -0.454 e. The van der Waals surface area contributed by atoms with Crippen molar-refractivity contribution in [2.24, 2.45) is 0 Å². The van der Waals surface area contributed by atoms with E-state index in [9.17, 15) is 4.79 Å². The van der Waals surface area contributed by atoms with E-state index in [1.165, 1.54) is 11.3 Å². The zero-order valence-electron chi connectivity index (χ0n) is 14.6. The first-order valence-corrected chi connectivity index (χ1v) is 9.74. The summed E-state index contributed by atoms with van der Waals surface area (Å²) in [5, 5.41) is 6.36. The summed E-state index contributed by atoms with van der Waals surface area (Å²) in [4.78, 5) is 17.0. The Morgan fingerprint density at radius 3 is 2.93 bits per heavy atom. The zero-order valence-corrected chi connectivity index (χ0v) is 16.1. The number of halogens is 1. The number of rotatable bonds is 5. The highest BCUT2D eigenvalue weighted by atomic mass is 35.5. The van der Waals surface area contributed by atoms with Crippen molar-refractivity contribution in [3.63, 3.8) is 0 Å². The predicted molar refractivity (Wildman–Crippen MR) is 105 cm³/mol. The largest absolute Gasteiger partial charge is 0.454 e. The van der Waals surface area contributed by atoms with Crippen molar-refractivity contribution >= 4 is 28.8 Å². The Balaban J connectivity index is 1.40. The van der Waals surface area contributed by atoms with Crippen LogP contribution in [0.2, 0.25) is 5.02 Å². The molecule has 0 radical (unpaired) electrons. The Morgan fingerprint density at radius 1 is 1.26 bits per heavy atom. The van der Waals surface area contributed by atoms with Crippen LogP contribution in [-0.4, -0.2) is 17.7 Å². The van der Waals surface area contributed by atoms with Crippen LogP contribution in [-0.2, 0) is 11.2 Å². The van der Waals surface area contributed by atoms with Gasteiger partial charge in [-0.2, -0.15) is 0 Å². The van der Waals surface area contributed by atoms with Crippen LogP contribution in [0, 0.1) is 0 Å². The van der Waals surface area contributed by atoms with Gasteiger partial charge in [0, 0.05) is 10.9 Å². The third kappa shape index (κ3) is 3.91. The van der Waals surface area contributed by atoms with E-state index in [0.29, 0.717) is 10.8 Å². The number of benzene rings is 2. The first-order valence-electron chi connectivity index (χ1n) is 8.48. The lowest BCUT2D eigenvalue weighted by molar-refractivity contribution is -0.121. The number of aromatic nitrogens is 1. The van der Waals surface area contributed by atoms with Crippen molar-refractivity contribution in [3.8, 4) is 22.1 Å². The van der Waals surface area contributed by atoms with Gasteiger partial charge in [0.05, 0.1) is 23.2 Å². The van der Waals surface area contributed by atoms with Crippen LogP contribution in [0.25, 0.3) is 10.6 Å². The maximum atomic E-state index is 12.4. The van der Waals surface area contributed by atoms with Gasteiger partial charge in [0.25, 0.3) is 0 Å². The van der Waals surface area contributed by atoms with Crippen LogP contribution in [0.3, 0.4) is 0 Å². The smallest absolute Gasteiger partial charge is 0.231 e. The summed E-state index contributed by atoms with van der Waals surface area (Å²) in [6, 6.07) is 13.1. The SMILES string of the molecule is CC(NC(=O)Cc1csc(-c2ccccc2Cl)n1)c1ccc2c(c1)OCO2. The molecule has 7 heteroatoms. The van der Waals surface area contributed by atoms with Crippen molar-refractivity contribution in [2.45, 2.75) is 19.4 Å². The second-order valence-electron chi connectivity index (χ2n) is 6.20. The average Bonchev–Trinajstić information content (AvgIpc) is 3.30. The van der Waals surface area contributed by atoms with Crippen molar-refractivity contribution in [3.05, 3.63) is 64.1 Å². The molecule has 0 spiro atoms. The average molecular weight is 401 g/mol. The van der Waals surface area contributed by atoms with E-state index in [2.05, 4.69) is 10.3 Å². The lowest BCUT2D eigenvalue weighted by Crippen LogP contribution is -2.28. The maximum absolute atomic E-state index is 12.4. The Morgan fingerprint density at radius 2 is 2.07 bits per heavy atom. The van der Waals surface area contributed by atoms with Crippen LogP contribution in [0.4, 0.5) is 0 Å². The molecule has 1 N–H and O–H groups in total. The molecule has 0 fully saturated rings. The number of thiazole rings is 1.